The highest BCUT2D eigenvalue weighted by molar-refractivity contribution is 7.36. The van der Waals surface area contributed by atoms with Crippen molar-refractivity contribution in [3.8, 4) is 0 Å². The molecule has 1 aliphatic carbocycles. The molecule has 1 nitrogen and oxygen atoms in total. The van der Waals surface area contributed by atoms with Crippen molar-refractivity contribution in [2.75, 3.05) is 13.3 Å². The van der Waals surface area contributed by atoms with Crippen molar-refractivity contribution in [2.24, 2.45) is 5.92 Å². The third-order valence-electron chi connectivity index (χ3n) is 3.78. The van der Waals surface area contributed by atoms with Crippen molar-refractivity contribution in [3.05, 3.63) is 35.4 Å². The van der Waals surface area contributed by atoms with Crippen LogP contribution in [-0.2, 0) is 10.9 Å². The Balaban J connectivity index is 0.000000221. The normalized spacial score (nSPS) is 16.3. The summed E-state index contributed by atoms with van der Waals surface area (Å²) in [4.78, 5) is 0. The van der Waals surface area contributed by atoms with Crippen LogP contribution in [0.3, 0.4) is 0 Å². The van der Waals surface area contributed by atoms with E-state index >= 15 is 0 Å². The summed E-state index contributed by atoms with van der Waals surface area (Å²) in [6.07, 6.45) is 4.49. The highest BCUT2D eigenvalue weighted by atomic mass is 31.1. The molecule has 1 aliphatic rings. The maximum Gasteiger partial charge on any atom is 0.0569 e. The molecular formula is C18H31OP. The molecule has 0 N–H and O–H groups in total. The molecule has 0 aliphatic heterocycles. The molecule has 2 rings (SSSR count). The van der Waals surface area contributed by atoms with E-state index in [2.05, 4.69) is 51.7 Å². The zero-order valence-electron chi connectivity index (χ0n) is 13.8. The van der Waals surface area contributed by atoms with Crippen molar-refractivity contribution in [1.82, 2.24) is 0 Å². The lowest BCUT2D eigenvalue weighted by Gasteiger charge is -2.14. The van der Waals surface area contributed by atoms with Crippen LogP contribution < -0.4 is 0 Å². The van der Waals surface area contributed by atoms with E-state index in [1.165, 1.54) is 24.6 Å². The van der Waals surface area contributed by atoms with Crippen LogP contribution in [0.25, 0.3) is 0 Å². The Morgan fingerprint density at radius 1 is 1.15 bits per heavy atom. The summed E-state index contributed by atoms with van der Waals surface area (Å²) in [6, 6.07) is 9.22. The van der Waals surface area contributed by atoms with E-state index in [0.717, 1.165) is 21.1 Å². The molecule has 2 heteroatoms. The van der Waals surface area contributed by atoms with Gasteiger partial charge in [-0.3, -0.25) is 0 Å². The van der Waals surface area contributed by atoms with Crippen LogP contribution in [0.1, 0.15) is 57.6 Å². The summed E-state index contributed by atoms with van der Waals surface area (Å²) >= 11 is 0. The van der Waals surface area contributed by atoms with Gasteiger partial charge >= 0.3 is 0 Å². The van der Waals surface area contributed by atoms with Crippen LogP contribution in [0, 0.1) is 5.92 Å². The zero-order valence-corrected chi connectivity index (χ0v) is 14.8. The topological polar surface area (TPSA) is 9.23 Å². The Hall–Kier alpha value is -0.390. The van der Waals surface area contributed by atoms with Gasteiger partial charge in [0, 0.05) is 6.61 Å². The van der Waals surface area contributed by atoms with Gasteiger partial charge in [-0.05, 0) is 62.5 Å². The summed E-state index contributed by atoms with van der Waals surface area (Å²) in [7, 11) is 1.04. The molecule has 0 aromatic heterocycles. The maximum atomic E-state index is 5.30. The molecule has 1 saturated carbocycles. The number of benzene rings is 1. The maximum absolute atomic E-state index is 5.30. The van der Waals surface area contributed by atoms with Gasteiger partial charge in [0.15, 0.2) is 0 Å². The highest BCUT2D eigenvalue weighted by Crippen LogP contribution is 2.40. The standard InChI is InChI=1S/C11H15P.C7H16O/c1-12-8-9-2-4-10(5-3-9)11-6-7-11;1-5-8-7(4)6(2)3/h2-5,11-12H,6-8H2,1H3;6-7H,5H2,1-4H3. The monoisotopic (exact) mass is 294 g/mol. The highest BCUT2D eigenvalue weighted by Gasteiger charge is 2.22. The minimum Gasteiger partial charge on any atom is -0.379 e. The first-order valence-electron chi connectivity index (χ1n) is 7.93. The van der Waals surface area contributed by atoms with Crippen LogP contribution in [-0.4, -0.2) is 19.4 Å². The molecule has 1 fully saturated rings. The second-order valence-corrected chi connectivity index (χ2v) is 7.01. The van der Waals surface area contributed by atoms with E-state index < -0.39 is 0 Å². The number of hydrogen-bond donors (Lipinski definition) is 0. The van der Waals surface area contributed by atoms with Crippen molar-refractivity contribution < 1.29 is 4.74 Å². The summed E-state index contributed by atoms with van der Waals surface area (Å²) < 4.78 is 5.30. The third kappa shape index (κ3) is 6.86. The van der Waals surface area contributed by atoms with E-state index in [0.29, 0.717) is 12.0 Å². The summed E-state index contributed by atoms with van der Waals surface area (Å²) in [6.45, 7) is 11.6. The van der Waals surface area contributed by atoms with Gasteiger partial charge in [0.25, 0.3) is 0 Å². The molecule has 2 atom stereocenters. The quantitative estimate of drug-likeness (QED) is 0.635. The predicted molar refractivity (Wildman–Crippen MR) is 92.3 cm³/mol. The Morgan fingerprint density at radius 2 is 1.75 bits per heavy atom. The van der Waals surface area contributed by atoms with Crippen LogP contribution in [0.2, 0.25) is 0 Å². The average molecular weight is 294 g/mol. The van der Waals surface area contributed by atoms with Gasteiger partial charge in [-0.1, -0.05) is 38.1 Å². The van der Waals surface area contributed by atoms with Crippen LogP contribution in [0.5, 0.6) is 0 Å². The molecule has 114 valence electrons. The lowest BCUT2D eigenvalue weighted by Crippen LogP contribution is -2.14. The van der Waals surface area contributed by atoms with Gasteiger partial charge in [0.1, 0.15) is 0 Å². The third-order valence-corrected chi connectivity index (χ3v) is 4.54. The first-order chi connectivity index (χ1) is 9.58. The molecule has 1 aromatic carbocycles. The molecule has 0 amide bonds. The fourth-order valence-electron chi connectivity index (χ4n) is 1.98. The Morgan fingerprint density at radius 3 is 2.10 bits per heavy atom. The average Bonchev–Trinajstić information content (AvgIpc) is 3.25. The molecule has 0 heterocycles. The lowest BCUT2D eigenvalue weighted by atomic mass is 10.1. The Bertz CT molecular complexity index is 354. The van der Waals surface area contributed by atoms with Gasteiger partial charge < -0.3 is 4.74 Å². The van der Waals surface area contributed by atoms with Gasteiger partial charge in [0.05, 0.1) is 6.10 Å². The summed E-state index contributed by atoms with van der Waals surface area (Å²) in [5.74, 6) is 1.55. The van der Waals surface area contributed by atoms with E-state index in [1.807, 2.05) is 6.92 Å². The van der Waals surface area contributed by atoms with E-state index in [-0.39, 0.29) is 0 Å². The number of hydrogen-bond acceptors (Lipinski definition) is 1. The Kier molecular flexibility index (Phi) is 8.41. The summed E-state index contributed by atoms with van der Waals surface area (Å²) in [5, 5.41) is 0. The summed E-state index contributed by atoms with van der Waals surface area (Å²) in [5.41, 5.74) is 3.05. The SMILES string of the molecule is CCOC(C)C(C)C.CPCc1ccc(C2CC2)cc1. The van der Waals surface area contributed by atoms with Gasteiger partial charge in [-0.2, -0.15) is 0 Å². The molecule has 1 aromatic rings. The minimum atomic E-state index is 0.417. The zero-order chi connectivity index (χ0) is 15.0. The molecule has 0 saturated heterocycles. The Labute approximate surface area is 127 Å². The van der Waals surface area contributed by atoms with Crippen LogP contribution in [0.15, 0.2) is 24.3 Å². The smallest absolute Gasteiger partial charge is 0.0569 e. The minimum absolute atomic E-state index is 0.417. The number of rotatable bonds is 6. The van der Waals surface area contributed by atoms with E-state index in [1.54, 1.807) is 5.56 Å². The van der Waals surface area contributed by atoms with Gasteiger partial charge in [-0.15, -0.1) is 8.58 Å². The fourth-order valence-corrected chi connectivity index (χ4v) is 2.63. The second-order valence-electron chi connectivity index (χ2n) is 5.95. The van der Waals surface area contributed by atoms with E-state index in [4.69, 9.17) is 4.74 Å². The molecule has 20 heavy (non-hydrogen) atoms. The van der Waals surface area contributed by atoms with Crippen molar-refractivity contribution in [1.29, 1.82) is 0 Å². The molecule has 2 unspecified atom stereocenters. The second kappa shape index (κ2) is 9.53. The first kappa shape index (κ1) is 17.7. The van der Waals surface area contributed by atoms with Crippen molar-refractivity contribution in [2.45, 2.75) is 58.7 Å². The lowest BCUT2D eigenvalue weighted by molar-refractivity contribution is 0.0443. The molecule has 0 spiro atoms. The molecular weight excluding hydrogens is 263 g/mol. The molecule has 0 radical (unpaired) electrons. The number of ether oxygens (including phenoxy) is 1. The molecule has 0 bridgehead atoms. The predicted octanol–water partition coefficient (Wildman–Crippen LogP) is 5.44. The fraction of sp³-hybridized carbons (Fsp3) is 0.667. The van der Waals surface area contributed by atoms with E-state index in [9.17, 15) is 0 Å². The van der Waals surface area contributed by atoms with Crippen molar-refractivity contribution >= 4 is 8.58 Å². The first-order valence-corrected chi connectivity index (χ1v) is 9.64. The van der Waals surface area contributed by atoms with Crippen LogP contribution in [0.4, 0.5) is 0 Å². The van der Waals surface area contributed by atoms with Crippen LogP contribution >= 0.6 is 8.58 Å². The largest absolute Gasteiger partial charge is 0.379 e. The van der Waals surface area contributed by atoms with Gasteiger partial charge in [0.2, 0.25) is 0 Å². The van der Waals surface area contributed by atoms with Gasteiger partial charge in [-0.25, -0.2) is 0 Å². The van der Waals surface area contributed by atoms with Crippen molar-refractivity contribution in [3.63, 3.8) is 0 Å².